The van der Waals surface area contributed by atoms with Crippen LogP contribution in [0.1, 0.15) is 94.4 Å². The second-order valence-electron chi connectivity index (χ2n) is 21.9. The number of benzene rings is 5. The van der Waals surface area contributed by atoms with Crippen molar-refractivity contribution in [3.63, 3.8) is 0 Å². The van der Waals surface area contributed by atoms with E-state index in [0.717, 1.165) is 53.9 Å². The topological polar surface area (TPSA) is 56.5 Å². The van der Waals surface area contributed by atoms with Crippen LogP contribution in [-0.4, -0.2) is 37.8 Å². The van der Waals surface area contributed by atoms with Gasteiger partial charge in [0.2, 0.25) is 0 Å². The molecule has 0 fully saturated rings. The summed E-state index contributed by atoms with van der Waals surface area (Å²) in [6.07, 6.45) is 3.76. The molecule has 0 aliphatic heterocycles. The number of halogens is 1. The Morgan fingerprint density at radius 3 is 2.03 bits per heavy atom. The zero-order valence-electron chi connectivity index (χ0n) is 44.2. The number of pyridine rings is 3. The Kier molecular flexibility index (Phi) is 12.0. The molecular formula is C59H60FGeIrN5S-2. The maximum Gasteiger partial charge on any atom is 0 e. The standard InChI is InChI=1S/C44H43N4S.C15H17FGeN.Ir/c1-25-18-19-26-20-21-34-38(36(26)46-25)48(37-32(43(5,6)7)22-28(42(2,3)4)23-33(37)44(8,9)10)40(47-34)31-17-13-16-30-35-29-15-12-11-14-27(29)24-45-41(35)49-39(30)31;1-11-6-5-7-13(15(11)16)14-9-8-12(10-18-14)17(2,3)4;/h11-16,18-24H,1-10H3;5-6,8-10H,1-4H3;/q2*-1;/i;1D3;. The van der Waals surface area contributed by atoms with Crippen molar-refractivity contribution in [1.29, 1.82) is 0 Å². The molecule has 349 valence electrons. The maximum absolute atomic E-state index is 14.4. The summed E-state index contributed by atoms with van der Waals surface area (Å²) in [6.45, 7) is 20.5. The minimum absolute atomic E-state index is 0. The number of nitrogens with zero attached hydrogens (tertiary/aromatic N) is 5. The molecule has 10 rings (SSSR count). The molecule has 5 aromatic heterocycles. The molecule has 5 aromatic carbocycles. The molecule has 0 spiro atoms. The van der Waals surface area contributed by atoms with E-state index in [1.165, 1.54) is 55.1 Å². The number of fused-ring (bicyclic) bond motifs is 8. The maximum atomic E-state index is 14.4. The normalized spacial score (nSPS) is 13.4. The van der Waals surface area contributed by atoms with E-state index in [1.54, 1.807) is 23.6 Å². The SMILES string of the molecule is Cc1ccc2ccc3nc(-c4[c-]ccc5c4sc4ncc6ccccc6c45)n(-c4c(C(C)(C)C)cc(C(C)(C)C)cc4C(C)(C)C)c3c2n1.[2H]C([2H])([2H])c1cc[c-]c(-c2cc[c]([Ge]([CH3])([CH3])[CH3])cn2)c1F.[Ir]. The van der Waals surface area contributed by atoms with Crippen molar-refractivity contribution in [3.8, 4) is 28.3 Å². The Bertz CT molecular complexity index is 3630. The first kappa shape index (κ1) is 45.3. The molecule has 9 heteroatoms. The number of hydrogen-bond donors (Lipinski definition) is 0. The Balaban J connectivity index is 0.000000259. The van der Waals surface area contributed by atoms with Crippen molar-refractivity contribution in [1.82, 2.24) is 24.5 Å². The fourth-order valence-electron chi connectivity index (χ4n) is 8.86. The number of thiophene rings is 1. The molecule has 0 amide bonds. The van der Waals surface area contributed by atoms with Gasteiger partial charge in [-0.1, -0.05) is 122 Å². The largest absolute Gasteiger partial charge is 0 e. The number of rotatable bonds is 4. The first-order chi connectivity index (χ1) is 32.7. The number of hydrogen-bond acceptors (Lipinski definition) is 5. The van der Waals surface area contributed by atoms with Crippen LogP contribution in [0.4, 0.5) is 4.39 Å². The number of imidazole rings is 1. The van der Waals surface area contributed by atoms with Gasteiger partial charge in [0.25, 0.3) is 0 Å². The third kappa shape index (κ3) is 9.10. The van der Waals surface area contributed by atoms with Crippen molar-refractivity contribution in [2.45, 2.75) is 110 Å². The molecule has 0 unspecified atom stereocenters. The Morgan fingerprint density at radius 2 is 1.38 bits per heavy atom. The second-order valence-corrected chi connectivity index (χ2v) is 33.5. The molecule has 1 radical (unpaired) electrons. The van der Waals surface area contributed by atoms with Crippen LogP contribution < -0.4 is 4.40 Å². The van der Waals surface area contributed by atoms with Crippen LogP contribution >= 0.6 is 11.3 Å². The van der Waals surface area contributed by atoms with Crippen LogP contribution in [0.5, 0.6) is 0 Å². The summed E-state index contributed by atoms with van der Waals surface area (Å²) in [7, 11) is 0. The summed E-state index contributed by atoms with van der Waals surface area (Å²) >= 11 is -0.234. The van der Waals surface area contributed by atoms with E-state index >= 15 is 0 Å². The summed E-state index contributed by atoms with van der Waals surface area (Å²) in [6, 6.07) is 39.1. The summed E-state index contributed by atoms with van der Waals surface area (Å²) in [5.41, 5.74) is 9.91. The van der Waals surface area contributed by atoms with Gasteiger partial charge in [0.05, 0.1) is 22.4 Å². The first-order valence-corrected chi connectivity index (χ1v) is 31.1. The first-order valence-electron chi connectivity index (χ1n) is 24.5. The van der Waals surface area contributed by atoms with Crippen LogP contribution in [-0.2, 0) is 36.4 Å². The molecule has 0 aliphatic carbocycles. The third-order valence-corrected chi connectivity index (χ3v) is 18.0. The molecule has 0 saturated heterocycles. The summed E-state index contributed by atoms with van der Waals surface area (Å²) in [5.74, 6) is 6.86. The minimum atomic E-state index is -2.48. The van der Waals surface area contributed by atoms with Crippen molar-refractivity contribution < 1.29 is 28.6 Å². The molecule has 68 heavy (non-hydrogen) atoms. The van der Waals surface area contributed by atoms with E-state index in [0.29, 0.717) is 5.69 Å². The second kappa shape index (κ2) is 18.0. The summed E-state index contributed by atoms with van der Waals surface area (Å²) < 4.78 is 41.2. The van der Waals surface area contributed by atoms with Gasteiger partial charge in [0.1, 0.15) is 4.83 Å². The van der Waals surface area contributed by atoms with Gasteiger partial charge in [-0.2, -0.15) is 11.3 Å². The van der Waals surface area contributed by atoms with E-state index in [9.17, 15) is 4.39 Å². The summed E-state index contributed by atoms with van der Waals surface area (Å²) in [5, 5.41) is 5.85. The van der Waals surface area contributed by atoms with Crippen molar-refractivity contribution in [3.05, 3.63) is 155 Å². The van der Waals surface area contributed by atoms with Gasteiger partial charge in [-0.25, -0.2) is 4.98 Å². The number of aryl methyl sites for hydroxylation is 2. The predicted octanol–water partition coefficient (Wildman–Crippen LogP) is 15.7. The zero-order valence-corrected chi connectivity index (χ0v) is 46.6. The zero-order chi connectivity index (χ0) is 50.5. The van der Waals surface area contributed by atoms with E-state index in [1.807, 2.05) is 12.3 Å². The Hall–Kier alpha value is -5.12. The minimum Gasteiger partial charge on any atom is 0 e. The smallest absolute Gasteiger partial charge is 0 e. The van der Waals surface area contributed by atoms with Crippen molar-refractivity contribution >= 4 is 82.0 Å². The van der Waals surface area contributed by atoms with E-state index in [4.69, 9.17) is 19.1 Å². The quantitative estimate of drug-likeness (QED) is 0.130. The molecule has 5 nitrogen and oxygen atoms in total. The fraction of sp³-hybridized carbons (Fsp3) is 0.288. The van der Waals surface area contributed by atoms with Gasteiger partial charge in [-0.3, -0.25) is 9.97 Å². The Morgan fingerprint density at radius 1 is 0.706 bits per heavy atom. The van der Waals surface area contributed by atoms with Gasteiger partial charge in [0, 0.05) is 53.8 Å². The van der Waals surface area contributed by atoms with E-state index in [2.05, 4.69) is 181 Å². The fourth-order valence-corrected chi connectivity index (χ4v) is 12.2. The third-order valence-electron chi connectivity index (χ3n) is 12.7. The monoisotopic (exact) mass is 1160 g/mol. The summed E-state index contributed by atoms with van der Waals surface area (Å²) in [4.78, 5) is 21.0. The van der Waals surface area contributed by atoms with Crippen LogP contribution in [0.25, 0.3) is 81.3 Å². The molecule has 0 aliphatic rings. The number of aromatic nitrogens is 5. The van der Waals surface area contributed by atoms with Gasteiger partial charge in [-0.15, -0.1) is 18.2 Å². The van der Waals surface area contributed by atoms with Crippen molar-refractivity contribution in [2.24, 2.45) is 0 Å². The van der Waals surface area contributed by atoms with Gasteiger partial charge < -0.3 is 4.57 Å². The van der Waals surface area contributed by atoms with E-state index < -0.39 is 25.9 Å². The van der Waals surface area contributed by atoms with Gasteiger partial charge in [0.15, 0.2) is 0 Å². The molecule has 0 saturated carbocycles. The van der Waals surface area contributed by atoms with Gasteiger partial charge >= 0.3 is 114 Å². The van der Waals surface area contributed by atoms with Crippen molar-refractivity contribution in [2.75, 3.05) is 0 Å². The molecule has 0 atom stereocenters. The molecule has 10 aromatic rings. The van der Waals surface area contributed by atoms with Crippen LogP contribution in [0, 0.1) is 31.7 Å². The van der Waals surface area contributed by atoms with Gasteiger partial charge in [-0.05, 0) is 62.1 Å². The molecule has 0 bridgehead atoms. The molecule has 0 N–H and O–H groups in total. The Labute approximate surface area is 425 Å². The average molecular weight is 1160 g/mol. The molecular weight excluding hydrogens is 1090 g/mol. The average Bonchev–Trinajstić information content (AvgIpc) is 3.87. The van der Waals surface area contributed by atoms with Crippen LogP contribution in [0.15, 0.2) is 109 Å². The van der Waals surface area contributed by atoms with E-state index in [-0.39, 0.29) is 47.5 Å². The molecule has 5 heterocycles. The van der Waals surface area contributed by atoms with Crippen LogP contribution in [0.2, 0.25) is 17.3 Å². The predicted molar refractivity (Wildman–Crippen MR) is 286 cm³/mol. The van der Waals surface area contributed by atoms with Crippen LogP contribution in [0.3, 0.4) is 0 Å².